The molecule has 2 heterocycles. The second kappa shape index (κ2) is 9.43. The molecule has 0 aromatic carbocycles. The summed E-state index contributed by atoms with van der Waals surface area (Å²) in [5.41, 5.74) is -1.50. The maximum Gasteiger partial charge on any atom is 1.00 e. The average molecular weight is 355 g/mol. The van der Waals surface area contributed by atoms with Crippen LogP contribution in [-0.2, 0) is 9.98 Å². The molecule has 3 unspecified atom stereocenters. The summed E-state index contributed by atoms with van der Waals surface area (Å²) >= 11 is 0. The van der Waals surface area contributed by atoms with Gasteiger partial charge >= 0.3 is 59.1 Å². The summed E-state index contributed by atoms with van der Waals surface area (Å²) in [7, 11) is 0. The zero-order valence-corrected chi connectivity index (χ0v) is 18.3. The third-order valence-electron chi connectivity index (χ3n) is 4.00. The van der Waals surface area contributed by atoms with Gasteiger partial charge in [0.25, 0.3) is 0 Å². The summed E-state index contributed by atoms with van der Waals surface area (Å²) in [5.74, 6) is 0.234. The molecule has 13 heteroatoms. The third-order valence-corrected chi connectivity index (χ3v) is 4.00. The molecule has 0 saturated heterocycles. The van der Waals surface area contributed by atoms with Crippen LogP contribution in [0, 0.1) is 11.3 Å². The van der Waals surface area contributed by atoms with Gasteiger partial charge in [-0.15, -0.1) is 10.2 Å². The molecule has 24 heavy (non-hydrogen) atoms. The third kappa shape index (κ3) is 4.67. The molecular weight excluding hydrogens is 340 g/mol. The van der Waals surface area contributed by atoms with Crippen LogP contribution in [0.1, 0.15) is 33.6 Å². The van der Waals surface area contributed by atoms with Gasteiger partial charge in [0.15, 0.2) is 5.84 Å². The fourth-order valence-electron chi connectivity index (χ4n) is 2.71. The Hall–Kier alpha value is -0.270. The Kier molecular flexibility index (Phi) is 9.33. The number of hydrogen-bond donors (Lipinski definition) is 1. The van der Waals surface area contributed by atoms with Crippen LogP contribution in [0.5, 0.6) is 0 Å². The topological polar surface area (TPSA) is 163 Å². The van der Waals surface area contributed by atoms with E-state index in [0.717, 1.165) is 0 Å². The zero-order chi connectivity index (χ0) is 16.4. The Morgan fingerprint density at radius 2 is 1.75 bits per heavy atom. The molecule has 3 atom stereocenters. The summed E-state index contributed by atoms with van der Waals surface area (Å²) in [4.78, 5) is 15.3. The Labute approximate surface area is 182 Å². The largest absolute Gasteiger partial charge is 1.00 e. The van der Waals surface area contributed by atoms with Gasteiger partial charge in [-0.2, -0.15) is 0 Å². The minimum atomic E-state index is -1.06. The van der Waals surface area contributed by atoms with Crippen LogP contribution in [0.4, 0.5) is 0 Å². The van der Waals surface area contributed by atoms with Gasteiger partial charge in [0.2, 0.25) is 0 Å². The second-order valence-corrected chi connectivity index (χ2v) is 5.62. The van der Waals surface area contributed by atoms with Crippen LogP contribution in [0.25, 0.3) is 0 Å². The summed E-state index contributed by atoms with van der Waals surface area (Å²) in [6, 6.07) is 0. The average Bonchev–Trinajstić information content (AvgIpc) is 2.47. The Bertz CT molecular complexity index is 597. The Balaban J connectivity index is 0.00000264. The van der Waals surface area contributed by atoms with E-state index >= 15 is 0 Å². The number of fused-ring (bicyclic) bond motifs is 1. The van der Waals surface area contributed by atoms with E-state index in [0.29, 0.717) is 12.1 Å². The van der Waals surface area contributed by atoms with Crippen molar-refractivity contribution in [2.45, 2.75) is 44.7 Å². The van der Waals surface area contributed by atoms with E-state index in [1.54, 1.807) is 13.8 Å². The standard InChI is InChI=1S/C11H17N7O4.2Na/c1-6-4-11(16-18-22-20)5-10(3,15-17-21-19)7(2)13-9(11)14-8(6)12;;/h6,12,19-20H,4-5H2,1-3H3;;/q;2*+1/p-2. The molecule has 2 aliphatic heterocycles. The van der Waals surface area contributed by atoms with Crippen molar-refractivity contribution >= 4 is 17.4 Å². The minimum absolute atomic E-state index is 0. The van der Waals surface area contributed by atoms with Crippen LogP contribution in [0.2, 0.25) is 0 Å². The van der Waals surface area contributed by atoms with Gasteiger partial charge in [0, 0.05) is 28.6 Å². The molecule has 120 valence electrons. The van der Waals surface area contributed by atoms with Crippen LogP contribution >= 0.6 is 0 Å². The molecule has 0 spiro atoms. The first kappa shape index (κ1) is 23.7. The number of amidine groups is 2. The molecule has 0 fully saturated rings. The van der Waals surface area contributed by atoms with E-state index < -0.39 is 11.1 Å². The zero-order valence-electron chi connectivity index (χ0n) is 14.3. The van der Waals surface area contributed by atoms with Crippen molar-refractivity contribution < 1.29 is 79.6 Å². The van der Waals surface area contributed by atoms with Gasteiger partial charge in [-0.1, -0.05) is 6.92 Å². The van der Waals surface area contributed by atoms with Crippen molar-refractivity contribution in [2.75, 3.05) is 0 Å². The fraction of sp³-hybridized carbons (Fsp3) is 0.727. The molecule has 0 aromatic heterocycles. The maximum absolute atomic E-state index is 10.2. The monoisotopic (exact) mass is 355 g/mol. The number of nitrogens with zero attached hydrogens (tertiary/aromatic N) is 6. The summed E-state index contributed by atoms with van der Waals surface area (Å²) < 4.78 is 0. The van der Waals surface area contributed by atoms with Crippen molar-refractivity contribution in [1.82, 2.24) is 0 Å². The molecule has 0 aromatic rings. The predicted molar refractivity (Wildman–Crippen MR) is 69.7 cm³/mol. The van der Waals surface area contributed by atoms with Crippen molar-refractivity contribution in [3.05, 3.63) is 0 Å². The van der Waals surface area contributed by atoms with Gasteiger partial charge in [-0.25, -0.2) is 9.98 Å². The number of aliphatic imine (C=N–C) groups is 2. The molecule has 11 nitrogen and oxygen atoms in total. The molecule has 0 aliphatic carbocycles. The van der Waals surface area contributed by atoms with E-state index in [-0.39, 0.29) is 83.1 Å². The molecule has 0 bridgehead atoms. The van der Waals surface area contributed by atoms with Crippen molar-refractivity contribution in [3.8, 4) is 0 Å². The van der Waals surface area contributed by atoms with E-state index in [1.807, 2.05) is 6.92 Å². The fourth-order valence-corrected chi connectivity index (χ4v) is 2.71. The van der Waals surface area contributed by atoms with E-state index in [1.165, 1.54) is 0 Å². The van der Waals surface area contributed by atoms with Crippen LogP contribution in [0.3, 0.4) is 0 Å². The molecule has 0 radical (unpaired) electrons. The van der Waals surface area contributed by atoms with Crippen molar-refractivity contribution in [3.63, 3.8) is 0 Å². The maximum atomic E-state index is 10.2. The van der Waals surface area contributed by atoms with Gasteiger partial charge < -0.3 is 20.5 Å². The Morgan fingerprint density at radius 3 is 2.33 bits per heavy atom. The SMILES string of the molecule is CC1=NC2=NC(=N)C(C)CC2(N=NO[O-])CC1(C)N=NO[O-].[Na+].[Na+]. The van der Waals surface area contributed by atoms with Gasteiger partial charge in [0.05, 0.1) is 0 Å². The summed E-state index contributed by atoms with van der Waals surface area (Å²) in [6.45, 7) is 5.20. The molecule has 1 N–H and O–H groups in total. The first-order valence-electron chi connectivity index (χ1n) is 6.53. The van der Waals surface area contributed by atoms with Crippen molar-refractivity contribution in [2.24, 2.45) is 36.7 Å². The van der Waals surface area contributed by atoms with Gasteiger partial charge in [-0.05, 0) is 20.3 Å². The Morgan fingerprint density at radius 1 is 1.17 bits per heavy atom. The van der Waals surface area contributed by atoms with Crippen molar-refractivity contribution in [1.29, 1.82) is 5.41 Å². The molecule has 2 rings (SSSR count). The van der Waals surface area contributed by atoms with Crippen LogP contribution in [0.15, 0.2) is 30.8 Å². The number of rotatable bonds is 4. The van der Waals surface area contributed by atoms with Gasteiger partial charge in [0.1, 0.15) is 16.9 Å². The van der Waals surface area contributed by atoms with E-state index in [4.69, 9.17) is 5.41 Å². The second-order valence-electron chi connectivity index (χ2n) is 5.62. The summed E-state index contributed by atoms with van der Waals surface area (Å²) in [6.07, 6.45) is 0.573. The molecule has 0 amide bonds. The molecule has 0 saturated carbocycles. The number of nitrogens with one attached hydrogen (secondary N) is 1. The number of hydrogen-bond acceptors (Lipinski definition) is 10. The quantitative estimate of drug-likeness (QED) is 0.230. The first-order chi connectivity index (χ1) is 10.4. The predicted octanol–water partition coefficient (Wildman–Crippen LogP) is -5.91. The minimum Gasteiger partial charge on any atom is -0.636 e. The van der Waals surface area contributed by atoms with E-state index in [2.05, 4.69) is 40.7 Å². The smallest absolute Gasteiger partial charge is 0.636 e. The van der Waals surface area contributed by atoms with E-state index in [9.17, 15) is 10.5 Å². The summed E-state index contributed by atoms with van der Waals surface area (Å²) in [5, 5.41) is 42.0. The molecular formula is C11H15N7Na2O4. The van der Waals surface area contributed by atoms with Gasteiger partial charge in [-0.3, -0.25) is 5.41 Å². The first-order valence-corrected chi connectivity index (χ1v) is 6.53. The van der Waals surface area contributed by atoms with Crippen LogP contribution in [-0.4, -0.2) is 28.5 Å². The normalized spacial score (nSPS) is 32.4. The van der Waals surface area contributed by atoms with Crippen LogP contribution < -0.4 is 69.6 Å². The molecule has 2 aliphatic rings.